The number of halogens is 1. The van der Waals surface area contributed by atoms with Gasteiger partial charge in [-0.15, -0.1) is 5.10 Å². The second-order valence-electron chi connectivity index (χ2n) is 4.48. The van der Waals surface area contributed by atoms with Gasteiger partial charge in [-0.3, -0.25) is 4.68 Å². The van der Waals surface area contributed by atoms with Crippen LogP contribution >= 0.6 is 15.9 Å². The fourth-order valence-corrected chi connectivity index (χ4v) is 2.70. The lowest BCUT2D eigenvalue weighted by Gasteiger charge is -2.02. The molecule has 0 saturated heterocycles. The lowest BCUT2D eigenvalue weighted by atomic mass is 10.2. The highest BCUT2D eigenvalue weighted by atomic mass is 79.9. The van der Waals surface area contributed by atoms with Crippen LogP contribution in [-0.4, -0.2) is 31.3 Å². The van der Waals surface area contributed by atoms with E-state index in [0.29, 0.717) is 13.1 Å². The van der Waals surface area contributed by atoms with Gasteiger partial charge in [-0.05, 0) is 41.7 Å². The summed E-state index contributed by atoms with van der Waals surface area (Å²) in [5, 5.41) is 12.8. The summed E-state index contributed by atoms with van der Waals surface area (Å²) in [6, 6.07) is 0. The number of hydrogen-bond acceptors (Lipinski definition) is 4. The third kappa shape index (κ3) is 3.22. The first-order valence-corrected chi connectivity index (χ1v) is 7.24. The molecule has 0 unspecified atom stereocenters. The fraction of sp³-hybridized carbons (Fsp3) is 0.583. The molecular formula is C12H19BrN6. The molecule has 0 aliphatic heterocycles. The highest BCUT2D eigenvalue weighted by Gasteiger charge is 2.13. The molecule has 0 aliphatic rings. The number of aromatic nitrogens is 5. The van der Waals surface area contributed by atoms with Crippen molar-refractivity contribution in [3.63, 3.8) is 0 Å². The van der Waals surface area contributed by atoms with Gasteiger partial charge in [0.05, 0.1) is 28.1 Å². The van der Waals surface area contributed by atoms with Crippen molar-refractivity contribution in [2.24, 2.45) is 12.8 Å². The predicted molar refractivity (Wildman–Crippen MR) is 76.8 cm³/mol. The summed E-state index contributed by atoms with van der Waals surface area (Å²) in [6.45, 7) is 3.44. The van der Waals surface area contributed by atoms with Crippen LogP contribution in [0.15, 0.2) is 10.7 Å². The van der Waals surface area contributed by atoms with Gasteiger partial charge in [0, 0.05) is 13.2 Å². The number of nitrogens with two attached hydrogens (primary N) is 1. The maximum absolute atomic E-state index is 5.49. The molecule has 104 valence electrons. The third-order valence-electron chi connectivity index (χ3n) is 3.04. The van der Waals surface area contributed by atoms with Crippen molar-refractivity contribution < 1.29 is 0 Å². The number of nitrogens with zero attached hydrogens (tertiary/aromatic N) is 5. The molecule has 2 rings (SSSR count). The molecule has 0 radical (unpaired) electrons. The molecule has 0 aliphatic carbocycles. The summed E-state index contributed by atoms with van der Waals surface area (Å²) in [7, 11) is 1.95. The Kier molecular flexibility index (Phi) is 4.71. The summed E-state index contributed by atoms with van der Waals surface area (Å²) < 4.78 is 4.80. The Labute approximate surface area is 121 Å². The van der Waals surface area contributed by atoms with Crippen molar-refractivity contribution in [3.05, 3.63) is 27.8 Å². The van der Waals surface area contributed by atoms with E-state index in [2.05, 4.69) is 38.3 Å². The van der Waals surface area contributed by atoms with Crippen LogP contribution in [0.5, 0.6) is 0 Å². The zero-order valence-corrected chi connectivity index (χ0v) is 12.9. The first-order valence-electron chi connectivity index (χ1n) is 6.45. The Morgan fingerprint density at radius 2 is 2.21 bits per heavy atom. The summed E-state index contributed by atoms with van der Waals surface area (Å²) in [5.41, 5.74) is 8.65. The Balaban J connectivity index is 2.12. The minimum atomic E-state index is 0.666. The smallest absolute Gasteiger partial charge is 0.0857 e. The van der Waals surface area contributed by atoms with Crippen LogP contribution in [0.4, 0.5) is 0 Å². The molecule has 2 N–H and O–H groups in total. The molecule has 0 amide bonds. The van der Waals surface area contributed by atoms with Crippen molar-refractivity contribution in [1.29, 1.82) is 0 Å². The van der Waals surface area contributed by atoms with E-state index in [-0.39, 0.29) is 0 Å². The van der Waals surface area contributed by atoms with Crippen LogP contribution < -0.4 is 5.73 Å². The second kappa shape index (κ2) is 6.29. The minimum absolute atomic E-state index is 0.666. The topological polar surface area (TPSA) is 74.5 Å². The van der Waals surface area contributed by atoms with Crippen LogP contribution in [0.3, 0.4) is 0 Å². The van der Waals surface area contributed by atoms with Crippen molar-refractivity contribution in [2.75, 3.05) is 6.54 Å². The van der Waals surface area contributed by atoms with E-state index in [4.69, 9.17) is 5.73 Å². The molecule has 7 heteroatoms. The van der Waals surface area contributed by atoms with Crippen LogP contribution in [0.2, 0.25) is 0 Å². The van der Waals surface area contributed by atoms with Gasteiger partial charge in [-0.2, -0.15) is 5.10 Å². The lowest BCUT2D eigenvalue weighted by Crippen LogP contribution is -2.06. The molecule has 0 bridgehead atoms. The van der Waals surface area contributed by atoms with Gasteiger partial charge >= 0.3 is 0 Å². The summed E-state index contributed by atoms with van der Waals surface area (Å²) in [6.07, 6.45) is 4.70. The van der Waals surface area contributed by atoms with Gasteiger partial charge in [0.1, 0.15) is 0 Å². The third-order valence-corrected chi connectivity index (χ3v) is 3.95. The van der Waals surface area contributed by atoms with Crippen molar-refractivity contribution in [2.45, 2.75) is 32.7 Å². The highest BCUT2D eigenvalue weighted by Crippen LogP contribution is 2.22. The molecular weight excluding hydrogens is 308 g/mol. The Hall–Kier alpha value is -1.21. The Morgan fingerprint density at radius 3 is 2.84 bits per heavy atom. The van der Waals surface area contributed by atoms with E-state index in [1.54, 1.807) is 0 Å². The SMILES string of the molecule is CCc1nn(C)c(Cn2cc(CCCN)nn2)c1Br. The van der Waals surface area contributed by atoms with Crippen LogP contribution in [0.25, 0.3) is 0 Å². The standard InChI is InChI=1S/C12H19BrN6/c1-3-10-12(13)11(18(2)16-10)8-19-7-9(15-17-19)5-4-6-14/h7H,3-6,8,14H2,1-2H3. The van der Waals surface area contributed by atoms with E-state index < -0.39 is 0 Å². The minimum Gasteiger partial charge on any atom is -0.330 e. The molecule has 2 aromatic rings. The van der Waals surface area contributed by atoms with Gasteiger partial charge in [0.15, 0.2) is 0 Å². The van der Waals surface area contributed by atoms with E-state index in [9.17, 15) is 0 Å². The molecule has 0 atom stereocenters. The maximum atomic E-state index is 5.49. The van der Waals surface area contributed by atoms with Gasteiger partial charge < -0.3 is 5.73 Å². The van der Waals surface area contributed by atoms with Crippen molar-refractivity contribution >= 4 is 15.9 Å². The van der Waals surface area contributed by atoms with Gasteiger partial charge in [-0.25, -0.2) is 4.68 Å². The summed E-state index contributed by atoms with van der Waals surface area (Å²) in [4.78, 5) is 0. The molecule has 2 aromatic heterocycles. The first kappa shape index (κ1) is 14.2. The normalized spacial score (nSPS) is 11.2. The monoisotopic (exact) mass is 326 g/mol. The van der Waals surface area contributed by atoms with Gasteiger partial charge in [-0.1, -0.05) is 12.1 Å². The Bertz CT molecular complexity index is 544. The van der Waals surface area contributed by atoms with Crippen molar-refractivity contribution in [1.82, 2.24) is 24.8 Å². The largest absolute Gasteiger partial charge is 0.330 e. The molecule has 19 heavy (non-hydrogen) atoms. The van der Waals surface area contributed by atoms with Crippen LogP contribution in [-0.2, 0) is 26.4 Å². The number of rotatable bonds is 6. The number of hydrogen-bond donors (Lipinski definition) is 1. The average molecular weight is 327 g/mol. The first-order chi connectivity index (χ1) is 9.15. The Morgan fingerprint density at radius 1 is 1.42 bits per heavy atom. The summed E-state index contributed by atoms with van der Waals surface area (Å²) >= 11 is 3.61. The molecule has 0 saturated carbocycles. The van der Waals surface area contributed by atoms with Crippen molar-refractivity contribution in [3.8, 4) is 0 Å². The number of aryl methyl sites for hydroxylation is 3. The second-order valence-corrected chi connectivity index (χ2v) is 5.28. The van der Waals surface area contributed by atoms with E-state index in [0.717, 1.165) is 40.8 Å². The van der Waals surface area contributed by atoms with Crippen LogP contribution in [0.1, 0.15) is 30.4 Å². The predicted octanol–water partition coefficient (Wildman–Crippen LogP) is 1.28. The highest BCUT2D eigenvalue weighted by molar-refractivity contribution is 9.10. The molecule has 6 nitrogen and oxygen atoms in total. The molecule has 0 aromatic carbocycles. The summed E-state index contributed by atoms with van der Waals surface area (Å²) in [5.74, 6) is 0. The molecule has 2 heterocycles. The lowest BCUT2D eigenvalue weighted by molar-refractivity contribution is 0.597. The zero-order chi connectivity index (χ0) is 13.8. The van der Waals surface area contributed by atoms with Crippen LogP contribution in [0, 0.1) is 0 Å². The van der Waals surface area contributed by atoms with E-state index in [1.165, 1.54) is 0 Å². The van der Waals surface area contributed by atoms with E-state index in [1.807, 2.05) is 22.6 Å². The molecule has 0 spiro atoms. The zero-order valence-electron chi connectivity index (χ0n) is 11.3. The average Bonchev–Trinajstić information content (AvgIpc) is 2.96. The van der Waals surface area contributed by atoms with Gasteiger partial charge in [0.2, 0.25) is 0 Å². The maximum Gasteiger partial charge on any atom is 0.0857 e. The fourth-order valence-electron chi connectivity index (χ4n) is 1.96. The quantitative estimate of drug-likeness (QED) is 0.867. The van der Waals surface area contributed by atoms with E-state index >= 15 is 0 Å². The van der Waals surface area contributed by atoms with Gasteiger partial charge in [0.25, 0.3) is 0 Å². The molecule has 0 fully saturated rings.